The van der Waals surface area contributed by atoms with Crippen LogP contribution in [-0.2, 0) is 0 Å². The van der Waals surface area contributed by atoms with Crippen LogP contribution < -0.4 is 20.5 Å². The summed E-state index contributed by atoms with van der Waals surface area (Å²) in [7, 11) is 0. The van der Waals surface area contributed by atoms with Crippen molar-refractivity contribution in [3.63, 3.8) is 0 Å². The summed E-state index contributed by atoms with van der Waals surface area (Å²) in [6, 6.07) is 3.79. The van der Waals surface area contributed by atoms with Crippen LogP contribution in [0.2, 0.25) is 0 Å². The van der Waals surface area contributed by atoms with Crippen molar-refractivity contribution in [1.29, 1.82) is 0 Å². The van der Waals surface area contributed by atoms with Crippen LogP contribution in [0.3, 0.4) is 0 Å². The predicted molar refractivity (Wildman–Crippen MR) is 87.2 cm³/mol. The molecule has 0 saturated carbocycles. The minimum Gasteiger partial charge on any atom is -0.486 e. The number of anilines is 2. The molecule has 0 aromatic heterocycles. The molecule has 2 rings (SSSR count). The summed E-state index contributed by atoms with van der Waals surface area (Å²) in [4.78, 5) is 0. The van der Waals surface area contributed by atoms with Gasteiger partial charge in [-0.15, -0.1) is 0 Å². The van der Waals surface area contributed by atoms with Gasteiger partial charge in [-0.25, -0.2) is 0 Å². The van der Waals surface area contributed by atoms with E-state index in [0.29, 0.717) is 18.9 Å². The smallest absolute Gasteiger partial charge is 0.163 e. The normalized spacial score (nSPS) is 14.2. The van der Waals surface area contributed by atoms with Gasteiger partial charge in [0, 0.05) is 23.4 Å². The van der Waals surface area contributed by atoms with Crippen LogP contribution in [0.4, 0.5) is 11.4 Å². The lowest BCUT2D eigenvalue weighted by Crippen LogP contribution is -2.32. The largest absolute Gasteiger partial charge is 0.486 e. The van der Waals surface area contributed by atoms with Gasteiger partial charge < -0.3 is 20.5 Å². The Morgan fingerprint density at radius 3 is 2.35 bits per heavy atom. The molecule has 1 aromatic carbocycles. The summed E-state index contributed by atoms with van der Waals surface area (Å²) in [5.74, 6) is 1.51. The number of thioether (sulfide) groups is 1. The lowest BCUT2D eigenvalue weighted by molar-refractivity contribution is 0.172. The van der Waals surface area contributed by atoms with Crippen LogP contribution in [0, 0.1) is 0 Å². The van der Waals surface area contributed by atoms with E-state index in [1.165, 1.54) is 0 Å². The van der Waals surface area contributed by atoms with Crippen molar-refractivity contribution in [2.45, 2.75) is 31.4 Å². The predicted octanol–water partition coefficient (Wildman–Crippen LogP) is 3.37. The molecule has 0 bridgehead atoms. The minimum absolute atomic E-state index is 0.250. The van der Waals surface area contributed by atoms with E-state index in [4.69, 9.17) is 15.2 Å². The van der Waals surface area contributed by atoms with E-state index in [1.807, 2.05) is 23.9 Å². The maximum atomic E-state index is 6.09. The second kappa shape index (κ2) is 6.48. The first kappa shape index (κ1) is 15.2. The van der Waals surface area contributed by atoms with Crippen molar-refractivity contribution in [2.24, 2.45) is 0 Å². The van der Waals surface area contributed by atoms with Crippen LogP contribution in [0.25, 0.3) is 0 Å². The minimum atomic E-state index is 0.250. The van der Waals surface area contributed by atoms with Crippen LogP contribution in [0.1, 0.15) is 26.7 Å². The first-order valence-electron chi connectivity index (χ1n) is 7.12. The van der Waals surface area contributed by atoms with E-state index >= 15 is 0 Å². The van der Waals surface area contributed by atoms with Crippen LogP contribution in [0.15, 0.2) is 12.1 Å². The van der Waals surface area contributed by atoms with Crippen molar-refractivity contribution in [3.8, 4) is 11.5 Å². The number of nitrogens with two attached hydrogens (primary N) is 1. The fourth-order valence-corrected chi connectivity index (χ4v) is 3.17. The Bertz CT molecular complexity index is 453. The summed E-state index contributed by atoms with van der Waals surface area (Å²) < 4.78 is 11.4. The first-order valence-corrected chi connectivity index (χ1v) is 8.34. The van der Waals surface area contributed by atoms with Crippen molar-refractivity contribution in [2.75, 3.05) is 37.1 Å². The van der Waals surface area contributed by atoms with E-state index in [1.54, 1.807) is 0 Å². The summed E-state index contributed by atoms with van der Waals surface area (Å²) in [5, 5.41) is 3.48. The average molecular weight is 296 g/mol. The quantitative estimate of drug-likeness (QED) is 0.788. The molecule has 0 spiro atoms. The number of hydrogen-bond donors (Lipinski definition) is 2. The van der Waals surface area contributed by atoms with Crippen molar-refractivity contribution >= 4 is 23.1 Å². The summed E-state index contributed by atoms with van der Waals surface area (Å²) in [5.41, 5.74) is 7.72. The zero-order valence-electron chi connectivity index (χ0n) is 12.5. The van der Waals surface area contributed by atoms with Gasteiger partial charge in [0.25, 0.3) is 0 Å². The lowest BCUT2D eigenvalue weighted by Gasteiger charge is -2.31. The zero-order valence-corrected chi connectivity index (χ0v) is 13.3. The third-order valence-electron chi connectivity index (χ3n) is 4.04. The maximum Gasteiger partial charge on any atom is 0.163 e. The fourth-order valence-electron chi connectivity index (χ4n) is 2.37. The lowest BCUT2D eigenvalue weighted by atomic mass is 10.0. The van der Waals surface area contributed by atoms with Gasteiger partial charge in [0.2, 0.25) is 0 Å². The molecule has 1 heterocycles. The molecule has 3 N–H and O–H groups in total. The summed E-state index contributed by atoms with van der Waals surface area (Å²) >= 11 is 1.91. The molecule has 0 unspecified atom stereocenters. The molecule has 0 aliphatic carbocycles. The molecule has 4 nitrogen and oxygen atoms in total. The highest BCUT2D eigenvalue weighted by atomic mass is 32.2. The number of nitrogen functional groups attached to an aromatic ring is 1. The molecule has 0 fully saturated rings. The number of ether oxygens (including phenoxy) is 2. The number of nitrogens with one attached hydrogen (secondary N) is 1. The Balaban J connectivity index is 2.13. The molecule has 5 heteroatoms. The fraction of sp³-hybridized carbons (Fsp3) is 0.600. The molecule has 1 aromatic rings. The topological polar surface area (TPSA) is 56.5 Å². The van der Waals surface area contributed by atoms with Crippen molar-refractivity contribution in [1.82, 2.24) is 0 Å². The van der Waals surface area contributed by atoms with Gasteiger partial charge in [-0.2, -0.15) is 11.8 Å². The number of rotatable bonds is 6. The molecule has 0 saturated heterocycles. The van der Waals surface area contributed by atoms with Gasteiger partial charge in [-0.3, -0.25) is 0 Å². The molecule has 1 aliphatic heterocycles. The van der Waals surface area contributed by atoms with Gasteiger partial charge in [0.05, 0.1) is 11.4 Å². The Kier molecular flexibility index (Phi) is 4.91. The molecular weight excluding hydrogens is 272 g/mol. The highest BCUT2D eigenvalue weighted by Crippen LogP contribution is 2.38. The zero-order chi connectivity index (χ0) is 14.6. The highest BCUT2D eigenvalue weighted by molar-refractivity contribution is 8.00. The van der Waals surface area contributed by atoms with E-state index in [-0.39, 0.29) is 4.75 Å². The number of benzene rings is 1. The molecule has 0 amide bonds. The van der Waals surface area contributed by atoms with Gasteiger partial charge in [-0.1, -0.05) is 13.8 Å². The van der Waals surface area contributed by atoms with Gasteiger partial charge in [0.1, 0.15) is 13.2 Å². The van der Waals surface area contributed by atoms with Gasteiger partial charge in [0.15, 0.2) is 11.5 Å². The number of hydrogen-bond acceptors (Lipinski definition) is 5. The SMILES string of the molecule is CCC(CC)(CNc1cc2c(cc1N)OCCO2)SC. The summed E-state index contributed by atoms with van der Waals surface area (Å²) in [6.07, 6.45) is 4.42. The molecule has 0 radical (unpaired) electrons. The van der Waals surface area contributed by atoms with E-state index < -0.39 is 0 Å². The summed E-state index contributed by atoms with van der Waals surface area (Å²) in [6.45, 7) is 6.53. The molecular formula is C15H24N2O2S. The Morgan fingerprint density at radius 2 is 1.80 bits per heavy atom. The molecule has 20 heavy (non-hydrogen) atoms. The Morgan fingerprint density at radius 1 is 1.20 bits per heavy atom. The average Bonchev–Trinajstić information content (AvgIpc) is 2.49. The van der Waals surface area contributed by atoms with Gasteiger partial charge in [-0.05, 0) is 19.1 Å². The Hall–Kier alpha value is -1.23. The van der Waals surface area contributed by atoms with Crippen molar-refractivity contribution < 1.29 is 9.47 Å². The third-order valence-corrected chi connectivity index (χ3v) is 5.62. The third kappa shape index (κ3) is 3.08. The Labute approximate surface area is 125 Å². The monoisotopic (exact) mass is 296 g/mol. The first-order chi connectivity index (χ1) is 9.64. The molecule has 112 valence electrons. The number of fused-ring (bicyclic) bond motifs is 1. The highest BCUT2D eigenvalue weighted by Gasteiger charge is 2.25. The van der Waals surface area contributed by atoms with Crippen molar-refractivity contribution in [3.05, 3.63) is 12.1 Å². The van der Waals surface area contributed by atoms with E-state index in [9.17, 15) is 0 Å². The second-order valence-corrected chi connectivity index (χ2v) is 6.31. The van der Waals surface area contributed by atoms with E-state index in [2.05, 4.69) is 25.4 Å². The van der Waals surface area contributed by atoms with E-state index in [0.717, 1.165) is 36.6 Å². The molecule has 1 aliphatic rings. The standard InChI is InChI=1S/C15H24N2O2S/c1-4-15(5-2,20-3)10-17-12-9-14-13(8-11(12)16)18-6-7-19-14/h8-9,17H,4-7,10,16H2,1-3H3. The van der Waals surface area contributed by atoms with Gasteiger partial charge >= 0.3 is 0 Å². The van der Waals surface area contributed by atoms with Crippen LogP contribution in [0.5, 0.6) is 11.5 Å². The van der Waals surface area contributed by atoms with Crippen LogP contribution >= 0.6 is 11.8 Å². The second-order valence-electron chi connectivity index (χ2n) is 5.03. The maximum absolute atomic E-state index is 6.09. The van der Waals surface area contributed by atoms with Crippen LogP contribution in [-0.4, -0.2) is 30.8 Å². The molecule has 0 atom stereocenters.